The van der Waals surface area contributed by atoms with E-state index in [1.807, 2.05) is 0 Å². The normalized spacial score (nSPS) is 14.6. The maximum absolute atomic E-state index is 13.2. The third-order valence-electron chi connectivity index (χ3n) is 3.94. The highest BCUT2D eigenvalue weighted by Gasteiger charge is 2.54. The molecule has 0 fully saturated rings. The molecule has 0 aromatic heterocycles. The Balaban J connectivity index is 2.42. The number of aryl methyl sites for hydroxylation is 1. The average Bonchev–Trinajstić information content (AvgIpc) is 2.46. The van der Waals surface area contributed by atoms with E-state index in [2.05, 4.69) is 0 Å². The predicted octanol–water partition coefficient (Wildman–Crippen LogP) is 5.35. The number of alkyl halides is 3. The summed E-state index contributed by atoms with van der Waals surface area (Å²) in [7, 11) is 0. The molecule has 2 rings (SSSR count). The third kappa shape index (κ3) is 3.39. The highest BCUT2D eigenvalue weighted by molar-refractivity contribution is 5.67. The van der Waals surface area contributed by atoms with E-state index in [0.717, 1.165) is 5.56 Å². The molecular formula is C18H18F4O. The van der Waals surface area contributed by atoms with Crippen molar-refractivity contribution in [3.05, 3.63) is 59.4 Å². The summed E-state index contributed by atoms with van der Waals surface area (Å²) < 4.78 is 52.8. The molecule has 0 saturated heterocycles. The molecule has 0 bridgehead atoms. The second-order valence-electron chi connectivity index (χ2n) is 5.64. The van der Waals surface area contributed by atoms with E-state index in [1.54, 1.807) is 19.9 Å². The van der Waals surface area contributed by atoms with Crippen LogP contribution in [0.25, 0.3) is 11.1 Å². The average molecular weight is 326 g/mol. The lowest BCUT2D eigenvalue weighted by atomic mass is 9.87. The second kappa shape index (κ2) is 6.32. The van der Waals surface area contributed by atoms with Gasteiger partial charge >= 0.3 is 6.18 Å². The fourth-order valence-electron chi connectivity index (χ4n) is 2.69. The molecule has 0 amide bonds. The summed E-state index contributed by atoms with van der Waals surface area (Å²) in [5.74, 6) is -0.364. The van der Waals surface area contributed by atoms with Crippen molar-refractivity contribution in [1.29, 1.82) is 0 Å². The first-order chi connectivity index (χ1) is 10.7. The second-order valence-corrected chi connectivity index (χ2v) is 5.64. The van der Waals surface area contributed by atoms with E-state index in [9.17, 15) is 22.7 Å². The molecule has 0 spiro atoms. The molecule has 2 aromatic rings. The molecule has 1 unspecified atom stereocenters. The number of rotatable bonds is 4. The van der Waals surface area contributed by atoms with E-state index in [0.29, 0.717) is 11.1 Å². The minimum Gasteiger partial charge on any atom is -0.376 e. The Morgan fingerprint density at radius 3 is 2.09 bits per heavy atom. The van der Waals surface area contributed by atoms with Crippen LogP contribution in [0.3, 0.4) is 0 Å². The van der Waals surface area contributed by atoms with E-state index >= 15 is 0 Å². The van der Waals surface area contributed by atoms with Crippen molar-refractivity contribution in [2.45, 2.75) is 38.5 Å². The maximum atomic E-state index is 13.2. The molecular weight excluding hydrogens is 308 g/mol. The Kier molecular flexibility index (Phi) is 4.80. The Morgan fingerprint density at radius 2 is 1.61 bits per heavy atom. The molecule has 2 aromatic carbocycles. The molecule has 0 aliphatic carbocycles. The molecule has 0 aliphatic rings. The highest BCUT2D eigenvalue weighted by Crippen LogP contribution is 2.42. The van der Waals surface area contributed by atoms with Crippen molar-refractivity contribution >= 4 is 0 Å². The van der Waals surface area contributed by atoms with Crippen LogP contribution in [0.15, 0.2) is 42.5 Å². The van der Waals surface area contributed by atoms with Gasteiger partial charge in [-0.15, -0.1) is 0 Å². The van der Waals surface area contributed by atoms with Crippen molar-refractivity contribution in [2.75, 3.05) is 0 Å². The fraction of sp³-hybridized carbons (Fsp3) is 0.333. The van der Waals surface area contributed by atoms with Crippen molar-refractivity contribution in [3.63, 3.8) is 0 Å². The summed E-state index contributed by atoms with van der Waals surface area (Å²) in [5, 5.41) is 10.1. The van der Waals surface area contributed by atoms with Crippen molar-refractivity contribution in [2.24, 2.45) is 0 Å². The largest absolute Gasteiger partial charge is 0.421 e. The molecule has 0 heterocycles. The van der Waals surface area contributed by atoms with Crippen LogP contribution in [0.4, 0.5) is 17.6 Å². The van der Waals surface area contributed by atoms with Gasteiger partial charge in [-0.25, -0.2) is 4.39 Å². The molecule has 0 saturated carbocycles. The highest BCUT2D eigenvalue weighted by atomic mass is 19.4. The number of aliphatic hydroxyl groups is 1. The molecule has 1 nitrogen and oxygen atoms in total. The van der Waals surface area contributed by atoms with Crippen LogP contribution in [0.2, 0.25) is 0 Å². The Morgan fingerprint density at radius 1 is 1.00 bits per heavy atom. The smallest absolute Gasteiger partial charge is 0.376 e. The number of hydrogen-bond acceptors (Lipinski definition) is 1. The summed E-state index contributed by atoms with van der Waals surface area (Å²) in [6.45, 7) is 3.32. The Bertz CT molecular complexity index is 676. The van der Waals surface area contributed by atoms with Crippen molar-refractivity contribution in [1.82, 2.24) is 0 Å². The fourth-order valence-corrected chi connectivity index (χ4v) is 2.69. The lowest BCUT2D eigenvalue weighted by molar-refractivity contribution is -0.269. The predicted molar refractivity (Wildman–Crippen MR) is 81.4 cm³/mol. The van der Waals surface area contributed by atoms with Gasteiger partial charge in [-0.05, 0) is 47.7 Å². The van der Waals surface area contributed by atoms with Crippen LogP contribution in [0.5, 0.6) is 0 Å². The lowest BCUT2D eigenvalue weighted by Gasteiger charge is -2.31. The van der Waals surface area contributed by atoms with Gasteiger partial charge in [-0.1, -0.05) is 43.7 Å². The zero-order valence-electron chi connectivity index (χ0n) is 12.9. The van der Waals surface area contributed by atoms with Gasteiger partial charge in [0, 0.05) is 0 Å². The monoisotopic (exact) mass is 326 g/mol. The van der Waals surface area contributed by atoms with Gasteiger partial charge < -0.3 is 5.11 Å². The van der Waals surface area contributed by atoms with Crippen LogP contribution in [-0.4, -0.2) is 11.3 Å². The summed E-state index contributed by atoms with van der Waals surface area (Å²) in [5.41, 5.74) is -0.929. The van der Waals surface area contributed by atoms with Crippen LogP contribution in [-0.2, 0) is 5.60 Å². The van der Waals surface area contributed by atoms with E-state index in [-0.39, 0.29) is 17.8 Å². The van der Waals surface area contributed by atoms with Crippen LogP contribution in [0, 0.1) is 12.7 Å². The SMILES string of the molecule is CCCC(O)(c1ccc(-c2ccc(F)cc2C)cc1)C(F)(F)F. The zero-order chi connectivity index (χ0) is 17.3. The van der Waals surface area contributed by atoms with Crippen LogP contribution >= 0.6 is 0 Å². The minimum absolute atomic E-state index is 0.185. The molecule has 0 radical (unpaired) electrons. The van der Waals surface area contributed by atoms with Gasteiger partial charge in [0.25, 0.3) is 0 Å². The lowest BCUT2D eigenvalue weighted by Crippen LogP contribution is -2.42. The van der Waals surface area contributed by atoms with Crippen LogP contribution < -0.4 is 0 Å². The Labute approximate surface area is 132 Å². The van der Waals surface area contributed by atoms with E-state index in [4.69, 9.17) is 0 Å². The first kappa shape index (κ1) is 17.5. The molecule has 23 heavy (non-hydrogen) atoms. The third-order valence-corrected chi connectivity index (χ3v) is 3.94. The number of halogens is 4. The van der Waals surface area contributed by atoms with Crippen molar-refractivity contribution in [3.8, 4) is 11.1 Å². The number of benzene rings is 2. The Hall–Kier alpha value is -1.88. The van der Waals surface area contributed by atoms with E-state index < -0.39 is 18.2 Å². The van der Waals surface area contributed by atoms with Crippen molar-refractivity contribution < 1.29 is 22.7 Å². The minimum atomic E-state index is -4.74. The summed E-state index contributed by atoms with van der Waals surface area (Å²) in [6.07, 6.45) is -4.93. The zero-order valence-corrected chi connectivity index (χ0v) is 12.9. The van der Waals surface area contributed by atoms with Gasteiger partial charge in [-0.3, -0.25) is 0 Å². The molecule has 1 N–H and O–H groups in total. The molecule has 1 atom stereocenters. The summed E-state index contributed by atoms with van der Waals surface area (Å²) in [4.78, 5) is 0. The number of hydrogen-bond donors (Lipinski definition) is 1. The maximum Gasteiger partial charge on any atom is 0.421 e. The van der Waals surface area contributed by atoms with E-state index in [1.165, 1.54) is 36.4 Å². The van der Waals surface area contributed by atoms with Gasteiger partial charge in [0.2, 0.25) is 0 Å². The van der Waals surface area contributed by atoms with Gasteiger partial charge in [0.15, 0.2) is 5.60 Å². The molecule has 124 valence electrons. The molecule has 5 heteroatoms. The molecule has 0 aliphatic heterocycles. The summed E-state index contributed by atoms with van der Waals surface area (Å²) in [6, 6.07) is 9.85. The van der Waals surface area contributed by atoms with Crippen LogP contribution in [0.1, 0.15) is 30.9 Å². The van der Waals surface area contributed by atoms with Gasteiger partial charge in [-0.2, -0.15) is 13.2 Å². The van der Waals surface area contributed by atoms with Gasteiger partial charge in [0.1, 0.15) is 5.82 Å². The standard InChI is InChI=1S/C18H18F4O/c1-3-10-17(23,18(20,21)22)14-6-4-13(5-7-14)16-9-8-15(19)11-12(16)2/h4-9,11,23H,3,10H2,1-2H3. The first-order valence-electron chi connectivity index (χ1n) is 7.35. The first-order valence-corrected chi connectivity index (χ1v) is 7.35. The quantitative estimate of drug-likeness (QED) is 0.751. The topological polar surface area (TPSA) is 20.2 Å². The van der Waals surface area contributed by atoms with Gasteiger partial charge in [0.05, 0.1) is 0 Å². The summed E-state index contributed by atoms with van der Waals surface area (Å²) >= 11 is 0.